The van der Waals surface area contributed by atoms with Crippen molar-refractivity contribution in [1.29, 1.82) is 5.26 Å². The minimum Gasteiger partial charge on any atom is -0.484 e. The maximum Gasteiger partial charge on any atom is 0.260 e. The molecule has 19 heavy (non-hydrogen) atoms. The molecule has 1 N–H and O–H groups in total. The highest BCUT2D eigenvalue weighted by molar-refractivity contribution is 5.78. The van der Waals surface area contributed by atoms with Crippen LogP contribution in [0.2, 0.25) is 0 Å². The number of hydrogen-bond donors (Lipinski definition) is 1. The van der Waals surface area contributed by atoms with Crippen LogP contribution in [0.25, 0.3) is 0 Å². The van der Waals surface area contributed by atoms with Crippen molar-refractivity contribution in [3.8, 4) is 11.8 Å². The summed E-state index contributed by atoms with van der Waals surface area (Å²) >= 11 is 0. The lowest BCUT2D eigenvalue weighted by Crippen LogP contribution is -2.38. The van der Waals surface area contributed by atoms with Gasteiger partial charge in [0.05, 0.1) is 18.2 Å². The van der Waals surface area contributed by atoms with Gasteiger partial charge in [-0.2, -0.15) is 5.26 Å². The molecule has 0 spiro atoms. The van der Waals surface area contributed by atoms with Crippen molar-refractivity contribution in [2.75, 3.05) is 19.8 Å². The quantitative estimate of drug-likeness (QED) is 0.825. The maximum absolute atomic E-state index is 11.9. The van der Waals surface area contributed by atoms with Crippen molar-refractivity contribution < 1.29 is 14.6 Å². The summed E-state index contributed by atoms with van der Waals surface area (Å²) in [6.45, 7) is 0.293. The lowest BCUT2D eigenvalue weighted by atomic mass is 10.2. The molecule has 2 rings (SSSR count). The van der Waals surface area contributed by atoms with Crippen LogP contribution in [0.1, 0.15) is 18.4 Å². The molecule has 1 saturated carbocycles. The van der Waals surface area contributed by atoms with Crippen LogP contribution < -0.4 is 4.74 Å². The first-order valence-electron chi connectivity index (χ1n) is 6.28. The minimum atomic E-state index is -0.110. The highest BCUT2D eigenvalue weighted by Crippen LogP contribution is 2.26. The molecule has 5 nitrogen and oxygen atoms in total. The fourth-order valence-corrected chi connectivity index (χ4v) is 1.86. The van der Waals surface area contributed by atoms with E-state index in [1.165, 1.54) is 0 Å². The normalized spacial score (nSPS) is 13.7. The van der Waals surface area contributed by atoms with Gasteiger partial charge in [-0.15, -0.1) is 0 Å². The molecular weight excluding hydrogens is 244 g/mol. The van der Waals surface area contributed by atoms with E-state index in [2.05, 4.69) is 0 Å². The molecule has 1 aromatic carbocycles. The van der Waals surface area contributed by atoms with E-state index >= 15 is 0 Å². The molecular formula is C14H16N2O3. The van der Waals surface area contributed by atoms with Gasteiger partial charge in [-0.05, 0) is 37.1 Å². The van der Waals surface area contributed by atoms with Crippen LogP contribution in [0.15, 0.2) is 24.3 Å². The zero-order valence-electron chi connectivity index (χ0n) is 10.6. The lowest BCUT2D eigenvalue weighted by Gasteiger charge is -2.21. The lowest BCUT2D eigenvalue weighted by molar-refractivity contribution is -0.134. The maximum atomic E-state index is 11.9. The monoisotopic (exact) mass is 260 g/mol. The highest BCUT2D eigenvalue weighted by atomic mass is 16.5. The van der Waals surface area contributed by atoms with Crippen molar-refractivity contribution in [2.24, 2.45) is 0 Å². The van der Waals surface area contributed by atoms with E-state index in [9.17, 15) is 4.79 Å². The molecule has 0 heterocycles. The molecule has 1 aromatic rings. The third kappa shape index (κ3) is 3.70. The number of aliphatic hydroxyl groups is 1. The molecule has 0 radical (unpaired) electrons. The summed E-state index contributed by atoms with van der Waals surface area (Å²) < 4.78 is 5.39. The van der Waals surface area contributed by atoms with Gasteiger partial charge in [0.15, 0.2) is 6.61 Å². The molecule has 0 unspecified atom stereocenters. The van der Waals surface area contributed by atoms with Crippen LogP contribution in [-0.4, -0.2) is 41.7 Å². The Morgan fingerprint density at radius 1 is 1.42 bits per heavy atom. The Hall–Kier alpha value is -2.06. The second-order valence-corrected chi connectivity index (χ2v) is 4.47. The van der Waals surface area contributed by atoms with Crippen LogP contribution >= 0.6 is 0 Å². The summed E-state index contributed by atoms with van der Waals surface area (Å²) in [5.41, 5.74) is 0.554. The molecule has 0 saturated heterocycles. The molecule has 5 heteroatoms. The van der Waals surface area contributed by atoms with Gasteiger partial charge in [-0.1, -0.05) is 0 Å². The van der Waals surface area contributed by atoms with Crippen molar-refractivity contribution in [3.05, 3.63) is 29.8 Å². The van der Waals surface area contributed by atoms with Gasteiger partial charge in [0, 0.05) is 12.6 Å². The molecule has 0 aliphatic heterocycles. The Labute approximate surface area is 112 Å². The predicted molar refractivity (Wildman–Crippen MR) is 68.5 cm³/mol. The smallest absolute Gasteiger partial charge is 0.260 e. The summed E-state index contributed by atoms with van der Waals surface area (Å²) in [6, 6.07) is 8.91. The topological polar surface area (TPSA) is 73.6 Å². The van der Waals surface area contributed by atoms with Gasteiger partial charge in [-0.25, -0.2) is 0 Å². The molecule has 1 aliphatic rings. The van der Waals surface area contributed by atoms with Crippen LogP contribution in [0.3, 0.4) is 0 Å². The molecule has 1 fully saturated rings. The second kappa shape index (κ2) is 6.21. The number of carbonyl (C=O) groups excluding carboxylic acids is 1. The number of nitriles is 1. The van der Waals surface area contributed by atoms with Gasteiger partial charge < -0.3 is 14.7 Å². The van der Waals surface area contributed by atoms with Crippen molar-refractivity contribution in [2.45, 2.75) is 18.9 Å². The Morgan fingerprint density at radius 3 is 2.63 bits per heavy atom. The Bertz CT molecular complexity index is 474. The van der Waals surface area contributed by atoms with Crippen LogP contribution in [0.4, 0.5) is 0 Å². The van der Waals surface area contributed by atoms with E-state index < -0.39 is 0 Å². The van der Waals surface area contributed by atoms with Crippen molar-refractivity contribution in [1.82, 2.24) is 4.90 Å². The summed E-state index contributed by atoms with van der Waals surface area (Å²) in [4.78, 5) is 13.6. The average Bonchev–Trinajstić information content (AvgIpc) is 3.27. The van der Waals surface area contributed by atoms with Crippen LogP contribution in [0, 0.1) is 11.3 Å². The van der Waals surface area contributed by atoms with Gasteiger partial charge in [-0.3, -0.25) is 4.79 Å². The molecule has 0 bridgehead atoms. The van der Waals surface area contributed by atoms with Gasteiger partial charge in [0.1, 0.15) is 5.75 Å². The fourth-order valence-electron chi connectivity index (χ4n) is 1.86. The Morgan fingerprint density at radius 2 is 2.11 bits per heavy atom. The molecule has 1 aliphatic carbocycles. The van der Waals surface area contributed by atoms with Crippen LogP contribution in [-0.2, 0) is 4.79 Å². The number of nitrogens with zero attached hydrogens (tertiary/aromatic N) is 2. The van der Waals surface area contributed by atoms with Gasteiger partial charge >= 0.3 is 0 Å². The third-order valence-corrected chi connectivity index (χ3v) is 2.99. The van der Waals surface area contributed by atoms with E-state index in [1.54, 1.807) is 29.2 Å². The Kier molecular flexibility index (Phi) is 4.37. The Balaban J connectivity index is 1.86. The first-order valence-corrected chi connectivity index (χ1v) is 6.28. The number of carbonyl (C=O) groups is 1. The van der Waals surface area contributed by atoms with Gasteiger partial charge in [0.2, 0.25) is 0 Å². The van der Waals surface area contributed by atoms with E-state index in [0.717, 1.165) is 12.8 Å². The fraction of sp³-hybridized carbons (Fsp3) is 0.429. The largest absolute Gasteiger partial charge is 0.484 e. The average molecular weight is 260 g/mol. The standard InChI is InChI=1S/C14H16N2O3/c15-9-11-1-5-13(6-2-11)19-10-14(18)16(7-8-17)12-3-4-12/h1-2,5-6,12,17H,3-4,7-8,10H2. The third-order valence-electron chi connectivity index (χ3n) is 2.99. The molecule has 100 valence electrons. The molecule has 1 amide bonds. The van der Waals surface area contributed by atoms with Crippen molar-refractivity contribution >= 4 is 5.91 Å². The molecule has 0 atom stereocenters. The zero-order valence-corrected chi connectivity index (χ0v) is 10.6. The second-order valence-electron chi connectivity index (χ2n) is 4.47. The van der Waals surface area contributed by atoms with E-state index in [1.807, 2.05) is 6.07 Å². The number of amides is 1. The first kappa shape index (κ1) is 13.4. The highest BCUT2D eigenvalue weighted by Gasteiger charge is 2.32. The minimum absolute atomic E-state index is 0.0287. The van der Waals surface area contributed by atoms with E-state index in [-0.39, 0.29) is 25.2 Å². The van der Waals surface area contributed by atoms with Gasteiger partial charge in [0.25, 0.3) is 5.91 Å². The number of aliphatic hydroxyl groups excluding tert-OH is 1. The summed E-state index contributed by atoms with van der Waals surface area (Å²) in [5.74, 6) is 0.452. The van der Waals surface area contributed by atoms with Crippen molar-refractivity contribution in [3.63, 3.8) is 0 Å². The van der Waals surface area contributed by atoms with E-state index in [0.29, 0.717) is 17.9 Å². The van der Waals surface area contributed by atoms with Crippen LogP contribution in [0.5, 0.6) is 5.75 Å². The SMILES string of the molecule is N#Cc1ccc(OCC(=O)N(CCO)C2CC2)cc1. The summed E-state index contributed by atoms with van der Waals surface area (Å²) in [6.07, 6.45) is 2.01. The summed E-state index contributed by atoms with van der Waals surface area (Å²) in [5, 5.41) is 17.6. The summed E-state index contributed by atoms with van der Waals surface area (Å²) in [7, 11) is 0. The number of rotatable bonds is 6. The number of benzene rings is 1. The number of ether oxygens (including phenoxy) is 1. The zero-order chi connectivity index (χ0) is 13.7. The molecule has 0 aromatic heterocycles. The first-order chi connectivity index (χ1) is 9.24. The predicted octanol–water partition coefficient (Wildman–Crippen LogP) is 0.920. The van der Waals surface area contributed by atoms with E-state index in [4.69, 9.17) is 15.1 Å². The number of hydrogen-bond acceptors (Lipinski definition) is 4.